The number of hydrogen-bond acceptors (Lipinski definition) is 3. The maximum Gasteiger partial charge on any atom is 0.329 e. The van der Waals surface area contributed by atoms with E-state index in [1.807, 2.05) is 0 Å². The minimum absolute atomic E-state index is 0.0656. The predicted molar refractivity (Wildman–Crippen MR) is 63.6 cm³/mol. The summed E-state index contributed by atoms with van der Waals surface area (Å²) in [5.41, 5.74) is 0.638. The van der Waals surface area contributed by atoms with Crippen molar-refractivity contribution in [3.63, 3.8) is 0 Å². The van der Waals surface area contributed by atoms with Crippen molar-refractivity contribution in [1.29, 1.82) is 0 Å². The van der Waals surface area contributed by atoms with Gasteiger partial charge in [-0.1, -0.05) is 19.3 Å². The molecule has 1 saturated carbocycles. The minimum Gasteiger partial charge on any atom is -0.493 e. The average Bonchev–Trinajstić information content (AvgIpc) is 2.84. The van der Waals surface area contributed by atoms with Crippen molar-refractivity contribution in [1.82, 2.24) is 9.55 Å². The Morgan fingerprint density at radius 2 is 2.06 bits per heavy atom. The van der Waals surface area contributed by atoms with E-state index in [0.29, 0.717) is 5.92 Å². The van der Waals surface area contributed by atoms with E-state index in [4.69, 9.17) is 0 Å². The van der Waals surface area contributed by atoms with Crippen LogP contribution in [0.4, 0.5) is 0 Å². The van der Waals surface area contributed by atoms with E-state index in [2.05, 4.69) is 4.98 Å². The number of thioether (sulfide) groups is 1. The molecule has 2 N–H and O–H groups in total. The molecule has 1 unspecified atom stereocenters. The second-order valence-corrected chi connectivity index (χ2v) is 5.80. The fraction of sp³-hybridized carbons (Fsp3) is 0.727. The number of hydrogen-bond donors (Lipinski definition) is 2. The molecule has 0 aromatic carbocycles. The van der Waals surface area contributed by atoms with Crippen molar-refractivity contribution in [3.05, 3.63) is 16.2 Å². The Kier molecular flexibility index (Phi) is 2.50. The van der Waals surface area contributed by atoms with Crippen molar-refractivity contribution in [3.8, 4) is 5.88 Å². The summed E-state index contributed by atoms with van der Waals surface area (Å²) in [6, 6.07) is 0. The van der Waals surface area contributed by atoms with Crippen LogP contribution in [0.1, 0.15) is 43.2 Å². The third-order valence-corrected chi connectivity index (χ3v) is 5.08. The molecule has 1 aliphatic carbocycles. The quantitative estimate of drug-likeness (QED) is 0.791. The molecule has 16 heavy (non-hydrogen) atoms. The topological polar surface area (TPSA) is 58.0 Å². The normalized spacial score (nSPS) is 25.9. The highest BCUT2D eigenvalue weighted by Crippen LogP contribution is 2.46. The number of imidazole rings is 1. The van der Waals surface area contributed by atoms with Crippen LogP contribution in [-0.4, -0.2) is 14.7 Å². The van der Waals surface area contributed by atoms with Crippen LogP contribution in [0.15, 0.2) is 4.79 Å². The number of nitrogens with one attached hydrogen (secondary N) is 1. The molecule has 0 radical (unpaired) electrons. The van der Waals surface area contributed by atoms with E-state index in [0.717, 1.165) is 11.4 Å². The molecular weight excluding hydrogens is 224 g/mol. The highest BCUT2D eigenvalue weighted by molar-refractivity contribution is 7.98. The molecule has 1 aromatic heterocycles. The number of aromatic nitrogens is 2. The van der Waals surface area contributed by atoms with Gasteiger partial charge in [0, 0.05) is 5.75 Å². The van der Waals surface area contributed by atoms with Gasteiger partial charge in [0.2, 0.25) is 5.88 Å². The van der Waals surface area contributed by atoms with Crippen LogP contribution in [0.2, 0.25) is 0 Å². The van der Waals surface area contributed by atoms with Crippen LogP contribution in [0.5, 0.6) is 5.88 Å². The van der Waals surface area contributed by atoms with Crippen LogP contribution in [0.3, 0.4) is 0 Å². The zero-order valence-corrected chi connectivity index (χ0v) is 9.92. The van der Waals surface area contributed by atoms with Crippen molar-refractivity contribution < 1.29 is 5.11 Å². The molecule has 0 bridgehead atoms. The summed E-state index contributed by atoms with van der Waals surface area (Å²) in [4.78, 5) is 14.2. The Bertz CT molecular complexity index is 445. The molecule has 0 spiro atoms. The molecule has 1 atom stereocenters. The summed E-state index contributed by atoms with van der Waals surface area (Å²) < 4.78 is 1.77. The maximum absolute atomic E-state index is 11.7. The zero-order chi connectivity index (χ0) is 11.1. The van der Waals surface area contributed by atoms with Crippen LogP contribution < -0.4 is 5.69 Å². The van der Waals surface area contributed by atoms with E-state index in [1.165, 1.54) is 32.1 Å². The Balaban J connectivity index is 1.92. The Morgan fingerprint density at radius 1 is 1.31 bits per heavy atom. The molecule has 4 nitrogen and oxygen atoms in total. The van der Waals surface area contributed by atoms with Gasteiger partial charge in [-0.25, -0.2) is 4.79 Å². The number of H-pyrrole nitrogens is 1. The molecule has 1 fully saturated rings. The molecule has 1 aliphatic heterocycles. The first-order valence-electron chi connectivity index (χ1n) is 5.91. The zero-order valence-electron chi connectivity index (χ0n) is 9.11. The summed E-state index contributed by atoms with van der Waals surface area (Å²) >= 11 is 1.80. The summed E-state index contributed by atoms with van der Waals surface area (Å²) in [7, 11) is 0. The fourth-order valence-electron chi connectivity index (χ4n) is 2.88. The number of aromatic hydroxyl groups is 1. The van der Waals surface area contributed by atoms with Gasteiger partial charge in [-0.2, -0.15) is 0 Å². The maximum atomic E-state index is 11.7. The third-order valence-electron chi connectivity index (χ3n) is 3.71. The summed E-state index contributed by atoms with van der Waals surface area (Å²) in [6.45, 7) is 0. The monoisotopic (exact) mass is 240 g/mol. The molecule has 88 valence electrons. The standard InChI is InChI=1S/C11H16N2O2S/c14-9-8-6-16-10(13(8)11(15)12-9)7-4-2-1-3-5-7/h7,10,14H,1-6H2,(H,12,15). The van der Waals surface area contributed by atoms with E-state index in [9.17, 15) is 9.90 Å². The molecule has 3 rings (SSSR count). The van der Waals surface area contributed by atoms with Gasteiger partial charge >= 0.3 is 5.69 Å². The van der Waals surface area contributed by atoms with Crippen molar-refractivity contribution in [2.24, 2.45) is 5.92 Å². The summed E-state index contributed by atoms with van der Waals surface area (Å²) in [5, 5.41) is 9.83. The van der Waals surface area contributed by atoms with Crippen LogP contribution in [-0.2, 0) is 5.75 Å². The van der Waals surface area contributed by atoms with Gasteiger partial charge in [0.05, 0.1) is 11.1 Å². The molecule has 2 heterocycles. The molecule has 2 aliphatic rings. The van der Waals surface area contributed by atoms with Crippen molar-refractivity contribution in [2.75, 3.05) is 0 Å². The SMILES string of the molecule is O=c1[nH]c(O)c2n1C(C1CCCCC1)SC2. The van der Waals surface area contributed by atoms with Gasteiger partial charge < -0.3 is 5.11 Å². The van der Waals surface area contributed by atoms with Crippen LogP contribution >= 0.6 is 11.8 Å². The summed E-state index contributed by atoms with van der Waals surface area (Å²) in [5.74, 6) is 1.43. The Hall–Kier alpha value is -0.840. The number of rotatable bonds is 1. The summed E-state index contributed by atoms with van der Waals surface area (Å²) in [6.07, 6.45) is 6.32. The largest absolute Gasteiger partial charge is 0.493 e. The Morgan fingerprint density at radius 3 is 2.81 bits per heavy atom. The lowest BCUT2D eigenvalue weighted by atomic mass is 9.89. The van der Waals surface area contributed by atoms with E-state index in [-0.39, 0.29) is 16.9 Å². The predicted octanol–water partition coefficient (Wildman–Crippen LogP) is 2.21. The number of nitrogens with zero attached hydrogens (tertiary/aromatic N) is 1. The first-order chi connectivity index (χ1) is 7.77. The molecule has 1 aromatic rings. The van der Waals surface area contributed by atoms with Crippen molar-refractivity contribution >= 4 is 11.8 Å². The fourth-order valence-corrected chi connectivity index (χ4v) is 4.40. The first-order valence-corrected chi connectivity index (χ1v) is 6.96. The van der Waals surface area contributed by atoms with Crippen LogP contribution in [0, 0.1) is 5.92 Å². The first kappa shape index (κ1) is 10.3. The van der Waals surface area contributed by atoms with Crippen molar-refractivity contribution in [2.45, 2.75) is 43.2 Å². The highest BCUT2D eigenvalue weighted by Gasteiger charge is 2.34. The van der Waals surface area contributed by atoms with E-state index in [1.54, 1.807) is 16.3 Å². The second-order valence-electron chi connectivity index (χ2n) is 4.70. The van der Waals surface area contributed by atoms with Gasteiger partial charge in [-0.05, 0) is 18.8 Å². The van der Waals surface area contributed by atoms with Gasteiger partial charge in [0.15, 0.2) is 0 Å². The second kappa shape index (κ2) is 3.87. The lowest BCUT2D eigenvalue weighted by molar-refractivity contribution is 0.311. The number of aromatic amines is 1. The lowest BCUT2D eigenvalue weighted by Crippen LogP contribution is -2.25. The van der Waals surface area contributed by atoms with Crippen LogP contribution in [0.25, 0.3) is 0 Å². The van der Waals surface area contributed by atoms with Gasteiger partial charge in [-0.3, -0.25) is 9.55 Å². The average molecular weight is 240 g/mol. The molecule has 5 heteroatoms. The van der Waals surface area contributed by atoms with E-state index >= 15 is 0 Å². The molecule has 0 amide bonds. The van der Waals surface area contributed by atoms with Gasteiger partial charge in [0.1, 0.15) is 0 Å². The van der Waals surface area contributed by atoms with E-state index < -0.39 is 0 Å². The lowest BCUT2D eigenvalue weighted by Gasteiger charge is -2.27. The van der Waals surface area contributed by atoms with Gasteiger partial charge in [0.25, 0.3) is 0 Å². The third kappa shape index (κ3) is 1.49. The highest BCUT2D eigenvalue weighted by atomic mass is 32.2. The molecule has 0 saturated heterocycles. The van der Waals surface area contributed by atoms with Gasteiger partial charge in [-0.15, -0.1) is 11.8 Å². The molecular formula is C11H16N2O2S. The number of fused-ring (bicyclic) bond motifs is 1. The Labute approximate surface area is 98.1 Å². The smallest absolute Gasteiger partial charge is 0.329 e. The minimum atomic E-state index is -0.145.